The molecule has 1 aliphatic rings. The van der Waals surface area contributed by atoms with Gasteiger partial charge in [0.05, 0.1) is 18.9 Å². The predicted molar refractivity (Wildman–Crippen MR) is 71.0 cm³/mol. The molecule has 0 saturated carbocycles. The van der Waals surface area contributed by atoms with Crippen molar-refractivity contribution in [2.24, 2.45) is 5.84 Å². The largest absolute Gasteiger partial charge is 0.490 e. The van der Waals surface area contributed by atoms with E-state index in [1.54, 1.807) is 0 Å². The molecule has 5 nitrogen and oxygen atoms in total. The van der Waals surface area contributed by atoms with E-state index in [-0.39, 0.29) is 0 Å². The molecule has 0 fully saturated rings. The Morgan fingerprint density at radius 3 is 2.83 bits per heavy atom. The number of rotatable bonds is 2. The molecular formula is C12H13N3O2S. The van der Waals surface area contributed by atoms with Crippen LogP contribution in [0.2, 0.25) is 0 Å². The lowest BCUT2D eigenvalue weighted by atomic mass is 10.1. The lowest BCUT2D eigenvalue weighted by Crippen LogP contribution is -2.05. The standard InChI is InChI=1S/C12H13N3O2S/c13-15-12-14-9(7-18-12)8-2-3-10-11(6-8)17-5-1-4-16-10/h2-3,6-7H,1,4-5,13H2,(H,14,15). The van der Waals surface area contributed by atoms with Gasteiger partial charge >= 0.3 is 0 Å². The SMILES string of the molecule is NNc1nc(-c2ccc3c(c2)OCCCO3)cs1. The maximum absolute atomic E-state index is 5.65. The van der Waals surface area contributed by atoms with Crippen LogP contribution in [0.3, 0.4) is 0 Å². The van der Waals surface area contributed by atoms with Crippen LogP contribution < -0.4 is 20.7 Å². The van der Waals surface area contributed by atoms with Gasteiger partial charge in [0, 0.05) is 17.4 Å². The second-order valence-electron chi connectivity index (χ2n) is 3.89. The van der Waals surface area contributed by atoms with E-state index in [0.29, 0.717) is 18.3 Å². The quantitative estimate of drug-likeness (QED) is 0.642. The van der Waals surface area contributed by atoms with Crippen LogP contribution in [0.15, 0.2) is 23.6 Å². The summed E-state index contributed by atoms with van der Waals surface area (Å²) in [4.78, 5) is 4.36. The van der Waals surface area contributed by atoms with Crippen LogP contribution in [0, 0.1) is 0 Å². The molecule has 0 aliphatic carbocycles. The lowest BCUT2D eigenvalue weighted by molar-refractivity contribution is 0.297. The Hall–Kier alpha value is -1.79. The van der Waals surface area contributed by atoms with Crippen molar-refractivity contribution in [1.82, 2.24) is 4.98 Å². The number of hydrogen-bond acceptors (Lipinski definition) is 6. The summed E-state index contributed by atoms with van der Waals surface area (Å²) in [5.41, 5.74) is 4.42. The van der Waals surface area contributed by atoms with Crippen molar-refractivity contribution in [2.45, 2.75) is 6.42 Å². The average Bonchev–Trinajstić information content (AvgIpc) is 2.76. The van der Waals surface area contributed by atoms with Gasteiger partial charge in [0.1, 0.15) is 0 Å². The topological polar surface area (TPSA) is 69.4 Å². The van der Waals surface area contributed by atoms with Crippen LogP contribution in [-0.2, 0) is 0 Å². The summed E-state index contributed by atoms with van der Waals surface area (Å²) in [6.07, 6.45) is 0.905. The third-order valence-corrected chi connectivity index (χ3v) is 3.44. The van der Waals surface area contributed by atoms with E-state index >= 15 is 0 Å². The number of nitrogens with one attached hydrogen (secondary N) is 1. The van der Waals surface area contributed by atoms with Crippen LogP contribution in [-0.4, -0.2) is 18.2 Å². The zero-order valence-electron chi connectivity index (χ0n) is 9.68. The molecule has 18 heavy (non-hydrogen) atoms. The molecule has 2 heterocycles. The van der Waals surface area contributed by atoms with E-state index in [9.17, 15) is 0 Å². The molecule has 0 radical (unpaired) electrons. The van der Waals surface area contributed by atoms with E-state index in [1.807, 2.05) is 23.6 Å². The summed E-state index contributed by atoms with van der Waals surface area (Å²) >= 11 is 1.47. The van der Waals surface area contributed by atoms with Crippen LogP contribution in [0.1, 0.15) is 6.42 Å². The zero-order chi connectivity index (χ0) is 12.4. The molecule has 0 saturated heterocycles. The van der Waals surface area contributed by atoms with Gasteiger partial charge in [0.25, 0.3) is 0 Å². The Morgan fingerprint density at radius 1 is 1.22 bits per heavy atom. The number of ether oxygens (including phenoxy) is 2. The molecule has 0 spiro atoms. The Balaban J connectivity index is 1.95. The molecule has 1 aliphatic heterocycles. The molecule has 1 aromatic heterocycles. The van der Waals surface area contributed by atoms with Crippen molar-refractivity contribution >= 4 is 16.5 Å². The summed E-state index contributed by atoms with van der Waals surface area (Å²) in [5, 5.41) is 2.64. The van der Waals surface area contributed by atoms with Crippen LogP contribution in [0.5, 0.6) is 11.5 Å². The van der Waals surface area contributed by atoms with Gasteiger partial charge in [-0.3, -0.25) is 5.43 Å². The number of aromatic nitrogens is 1. The highest BCUT2D eigenvalue weighted by atomic mass is 32.1. The first kappa shape index (κ1) is 11.3. The monoisotopic (exact) mass is 263 g/mol. The number of nitrogens with two attached hydrogens (primary N) is 1. The third kappa shape index (κ3) is 2.12. The van der Waals surface area contributed by atoms with Crippen molar-refractivity contribution in [3.8, 4) is 22.8 Å². The number of thiazole rings is 1. The Labute approximate surface area is 109 Å². The number of nitrogens with zero attached hydrogens (tertiary/aromatic N) is 1. The molecule has 0 atom stereocenters. The molecule has 0 unspecified atom stereocenters. The van der Waals surface area contributed by atoms with Gasteiger partial charge < -0.3 is 9.47 Å². The number of anilines is 1. The van der Waals surface area contributed by atoms with Gasteiger partial charge in [-0.25, -0.2) is 10.8 Å². The average molecular weight is 263 g/mol. The second kappa shape index (κ2) is 4.83. The van der Waals surface area contributed by atoms with Gasteiger partial charge in [-0.1, -0.05) is 0 Å². The molecule has 0 amide bonds. The molecule has 3 rings (SSSR count). The van der Waals surface area contributed by atoms with Gasteiger partial charge in [-0.15, -0.1) is 11.3 Å². The highest BCUT2D eigenvalue weighted by Crippen LogP contribution is 2.34. The van der Waals surface area contributed by atoms with Crippen LogP contribution >= 0.6 is 11.3 Å². The van der Waals surface area contributed by atoms with E-state index < -0.39 is 0 Å². The smallest absolute Gasteiger partial charge is 0.197 e. The van der Waals surface area contributed by atoms with Gasteiger partial charge in [-0.05, 0) is 18.2 Å². The fraction of sp³-hybridized carbons (Fsp3) is 0.250. The minimum absolute atomic E-state index is 0.684. The maximum atomic E-state index is 5.65. The predicted octanol–water partition coefficient (Wildman–Crippen LogP) is 2.26. The van der Waals surface area contributed by atoms with Crippen molar-refractivity contribution < 1.29 is 9.47 Å². The number of hydrazine groups is 1. The number of benzene rings is 1. The van der Waals surface area contributed by atoms with Gasteiger partial charge in [-0.2, -0.15) is 0 Å². The molecule has 94 valence electrons. The van der Waals surface area contributed by atoms with Crippen molar-refractivity contribution in [3.05, 3.63) is 23.6 Å². The van der Waals surface area contributed by atoms with Crippen LogP contribution in [0.4, 0.5) is 5.13 Å². The fourth-order valence-corrected chi connectivity index (χ4v) is 2.43. The Bertz CT molecular complexity index is 556. The summed E-state index contributed by atoms with van der Waals surface area (Å²) in [7, 11) is 0. The maximum Gasteiger partial charge on any atom is 0.197 e. The number of fused-ring (bicyclic) bond motifs is 1. The number of hydrogen-bond donors (Lipinski definition) is 2. The zero-order valence-corrected chi connectivity index (χ0v) is 10.5. The summed E-state index contributed by atoms with van der Waals surface area (Å²) in [6, 6.07) is 5.85. The first-order valence-electron chi connectivity index (χ1n) is 5.69. The lowest BCUT2D eigenvalue weighted by Gasteiger charge is -2.08. The second-order valence-corrected chi connectivity index (χ2v) is 4.75. The number of nitrogen functional groups attached to an aromatic ring is 1. The normalized spacial score (nSPS) is 14.1. The third-order valence-electron chi connectivity index (χ3n) is 2.67. The first-order valence-corrected chi connectivity index (χ1v) is 6.57. The van der Waals surface area contributed by atoms with Gasteiger partial charge in [0.15, 0.2) is 16.6 Å². The summed E-state index contributed by atoms with van der Waals surface area (Å²) in [6.45, 7) is 1.38. The molecule has 2 aromatic rings. The molecule has 1 aromatic carbocycles. The molecule has 3 N–H and O–H groups in total. The van der Waals surface area contributed by atoms with E-state index in [2.05, 4.69) is 10.4 Å². The summed E-state index contributed by atoms with van der Waals surface area (Å²) < 4.78 is 11.2. The minimum atomic E-state index is 0.684. The van der Waals surface area contributed by atoms with E-state index in [1.165, 1.54) is 11.3 Å². The Morgan fingerprint density at radius 2 is 2.06 bits per heavy atom. The van der Waals surface area contributed by atoms with E-state index in [4.69, 9.17) is 15.3 Å². The van der Waals surface area contributed by atoms with Crippen LogP contribution in [0.25, 0.3) is 11.3 Å². The Kier molecular flexibility index (Phi) is 3.04. The highest BCUT2D eigenvalue weighted by molar-refractivity contribution is 7.14. The summed E-state index contributed by atoms with van der Waals surface area (Å²) in [5.74, 6) is 6.90. The first-order chi connectivity index (χ1) is 8.86. The molecule has 0 bridgehead atoms. The fourth-order valence-electron chi connectivity index (χ4n) is 1.80. The molecular weight excluding hydrogens is 250 g/mol. The highest BCUT2D eigenvalue weighted by Gasteiger charge is 2.12. The molecule has 6 heteroatoms. The van der Waals surface area contributed by atoms with Crippen molar-refractivity contribution in [3.63, 3.8) is 0 Å². The van der Waals surface area contributed by atoms with Gasteiger partial charge in [0.2, 0.25) is 0 Å². The minimum Gasteiger partial charge on any atom is -0.490 e. The van der Waals surface area contributed by atoms with Crippen molar-refractivity contribution in [1.29, 1.82) is 0 Å². The van der Waals surface area contributed by atoms with E-state index in [0.717, 1.165) is 29.2 Å². The van der Waals surface area contributed by atoms with Crippen molar-refractivity contribution in [2.75, 3.05) is 18.6 Å².